The third-order valence-corrected chi connectivity index (χ3v) is 5.87. The summed E-state index contributed by atoms with van der Waals surface area (Å²) in [5.41, 5.74) is 4.30. The van der Waals surface area contributed by atoms with Crippen LogP contribution in [0.15, 0.2) is 70.6 Å². The van der Waals surface area contributed by atoms with Crippen molar-refractivity contribution >= 4 is 18.5 Å². The quantitative estimate of drug-likeness (QED) is 0.280. The summed E-state index contributed by atoms with van der Waals surface area (Å²) in [6.45, 7) is 6.43. The highest BCUT2D eigenvalue weighted by molar-refractivity contribution is 5.86. The average Bonchev–Trinajstić information content (AvgIpc) is 3.21. The lowest BCUT2D eigenvalue weighted by Gasteiger charge is -2.24. The fourth-order valence-corrected chi connectivity index (χ4v) is 3.82. The zero-order chi connectivity index (χ0) is 24.9. The molecule has 34 heavy (non-hydrogen) atoms. The first kappa shape index (κ1) is 27.2. The largest absolute Gasteiger partial charge is 0.381 e. The van der Waals surface area contributed by atoms with Gasteiger partial charge in [0, 0.05) is 24.2 Å². The summed E-state index contributed by atoms with van der Waals surface area (Å²) in [6, 6.07) is 0. The van der Waals surface area contributed by atoms with Crippen molar-refractivity contribution in [2.45, 2.75) is 65.1 Å². The maximum Gasteiger partial charge on any atom is 0.255 e. The third kappa shape index (κ3) is 7.78. The van der Waals surface area contributed by atoms with Crippen molar-refractivity contribution in [2.75, 3.05) is 13.2 Å². The number of hydrogen-bond acceptors (Lipinski definition) is 5. The Bertz CT molecular complexity index is 924. The van der Waals surface area contributed by atoms with E-state index >= 15 is 0 Å². The van der Waals surface area contributed by atoms with Crippen LogP contribution in [0, 0.1) is 5.41 Å². The highest BCUT2D eigenvalue weighted by Crippen LogP contribution is 2.19. The van der Waals surface area contributed by atoms with Gasteiger partial charge >= 0.3 is 0 Å². The Labute approximate surface area is 202 Å². The van der Waals surface area contributed by atoms with Crippen LogP contribution in [0.1, 0.15) is 52.9 Å². The molecule has 3 N–H and O–H groups in total. The molecule has 0 bridgehead atoms. The number of aliphatic hydroxyl groups excluding tert-OH is 1. The number of nitrogens with zero attached hydrogens (tertiary/aromatic N) is 1. The minimum Gasteiger partial charge on any atom is -0.381 e. The van der Waals surface area contributed by atoms with Gasteiger partial charge in [-0.1, -0.05) is 51.2 Å². The van der Waals surface area contributed by atoms with Gasteiger partial charge in [-0.05, 0) is 61.0 Å². The van der Waals surface area contributed by atoms with E-state index in [0.29, 0.717) is 25.1 Å². The van der Waals surface area contributed by atoms with Gasteiger partial charge in [-0.2, -0.15) is 0 Å². The summed E-state index contributed by atoms with van der Waals surface area (Å²) in [5, 5.41) is 21.0. The van der Waals surface area contributed by atoms with Gasteiger partial charge in [0.25, 0.3) is 5.91 Å². The lowest BCUT2D eigenvalue weighted by molar-refractivity contribution is -0.138. The summed E-state index contributed by atoms with van der Waals surface area (Å²) >= 11 is 0. The number of carbonyl (C=O) groups excluding carboxylic acids is 2. The lowest BCUT2D eigenvalue weighted by Crippen LogP contribution is -2.43. The van der Waals surface area contributed by atoms with Gasteiger partial charge < -0.3 is 25.5 Å². The molecule has 2 aliphatic carbocycles. The second-order valence-electron chi connectivity index (χ2n) is 8.11. The Morgan fingerprint density at radius 2 is 2.00 bits per heavy atom. The molecule has 0 aromatic rings. The summed E-state index contributed by atoms with van der Waals surface area (Å²) in [4.78, 5) is 26.0. The van der Waals surface area contributed by atoms with Gasteiger partial charge in [0.2, 0.25) is 6.41 Å². The van der Waals surface area contributed by atoms with E-state index in [2.05, 4.69) is 24.4 Å². The summed E-state index contributed by atoms with van der Waals surface area (Å²) < 4.78 is 5.82. The van der Waals surface area contributed by atoms with E-state index in [9.17, 15) is 14.7 Å². The molecule has 184 valence electrons. The Hall–Kier alpha value is -3.03. The van der Waals surface area contributed by atoms with Crippen LogP contribution in [0.25, 0.3) is 0 Å². The number of ether oxygens (including phenoxy) is 1. The highest BCUT2D eigenvalue weighted by Gasteiger charge is 2.26. The fourth-order valence-electron chi connectivity index (χ4n) is 3.82. The minimum absolute atomic E-state index is 0.186. The molecule has 2 amide bonds. The minimum atomic E-state index is -1.36. The molecule has 0 saturated carbocycles. The summed E-state index contributed by atoms with van der Waals surface area (Å²) in [6.07, 6.45) is 17.2. The van der Waals surface area contributed by atoms with Crippen LogP contribution in [0.3, 0.4) is 0 Å². The normalized spacial score (nSPS) is 17.6. The van der Waals surface area contributed by atoms with Crippen LogP contribution >= 0.6 is 0 Å². The second kappa shape index (κ2) is 14.3. The number of allylic oxidation sites excluding steroid dienone is 10. The van der Waals surface area contributed by atoms with Gasteiger partial charge in [-0.15, -0.1) is 0 Å². The molecule has 0 heterocycles. The molecule has 0 unspecified atom stereocenters. The average molecular weight is 468 g/mol. The topological polar surface area (TPSA) is 103 Å². The van der Waals surface area contributed by atoms with E-state index in [4.69, 9.17) is 10.1 Å². The third-order valence-electron chi connectivity index (χ3n) is 5.87. The van der Waals surface area contributed by atoms with Gasteiger partial charge in [0.05, 0.1) is 12.7 Å². The van der Waals surface area contributed by atoms with E-state index in [1.807, 2.05) is 38.2 Å². The van der Waals surface area contributed by atoms with Gasteiger partial charge in [-0.3, -0.25) is 9.59 Å². The SMILES string of the molecule is CCC1=CC(N(C=O)CCO[C@@H](CC)[C@@H](O)C(=O)NC2=CCC=C(CC)C(C=N)=C2)=CCC=C1. The van der Waals surface area contributed by atoms with Crippen LogP contribution in [0.2, 0.25) is 0 Å². The highest BCUT2D eigenvalue weighted by atomic mass is 16.5. The Balaban J connectivity index is 1.95. The standard InChI is InChI=1S/C27H37N3O4/c1-4-20-10-7-8-13-24(16-20)30(19-31)14-15-34-25(6-3)26(32)27(33)29-23-12-9-11-21(5-2)22(17-23)18-28/h7,10-13,16-19,25-26,28,32H,4-6,8-9,14-15H2,1-3H3,(H,29,33)/t25-,26+/m0/s1. The second-order valence-corrected chi connectivity index (χ2v) is 8.11. The molecule has 7 heteroatoms. The van der Waals surface area contributed by atoms with Gasteiger partial charge in [-0.25, -0.2) is 0 Å². The van der Waals surface area contributed by atoms with Gasteiger partial charge in [0.15, 0.2) is 6.10 Å². The van der Waals surface area contributed by atoms with Crippen LogP contribution < -0.4 is 5.32 Å². The number of rotatable bonds is 13. The van der Waals surface area contributed by atoms with E-state index in [0.717, 1.165) is 48.1 Å². The molecule has 0 aromatic carbocycles. The Morgan fingerprint density at radius 1 is 1.21 bits per heavy atom. The van der Waals surface area contributed by atoms with E-state index in [1.165, 1.54) is 6.21 Å². The number of carbonyl (C=O) groups is 2. The zero-order valence-corrected chi connectivity index (χ0v) is 20.4. The Kier molecular flexibility index (Phi) is 11.4. The molecule has 0 spiro atoms. The van der Waals surface area contributed by atoms with Crippen molar-refractivity contribution in [3.8, 4) is 0 Å². The molecule has 0 aromatic heterocycles. The molecule has 0 saturated heterocycles. The van der Waals surface area contributed by atoms with E-state index in [1.54, 1.807) is 11.0 Å². The maximum absolute atomic E-state index is 12.7. The molecule has 2 atom stereocenters. The van der Waals surface area contributed by atoms with Crippen LogP contribution in [0.4, 0.5) is 0 Å². The van der Waals surface area contributed by atoms with Crippen molar-refractivity contribution in [2.24, 2.45) is 0 Å². The number of nitrogens with one attached hydrogen (secondary N) is 2. The van der Waals surface area contributed by atoms with Crippen LogP contribution in [0.5, 0.6) is 0 Å². The van der Waals surface area contributed by atoms with Crippen molar-refractivity contribution in [3.05, 3.63) is 70.6 Å². The number of hydrogen-bond donors (Lipinski definition) is 3. The number of amides is 2. The predicted molar refractivity (Wildman–Crippen MR) is 135 cm³/mol. The lowest BCUT2D eigenvalue weighted by atomic mass is 10.0. The Morgan fingerprint density at radius 3 is 2.65 bits per heavy atom. The zero-order valence-electron chi connectivity index (χ0n) is 20.4. The molecule has 2 rings (SSSR count). The van der Waals surface area contributed by atoms with E-state index in [-0.39, 0.29) is 6.61 Å². The molecule has 7 nitrogen and oxygen atoms in total. The molecule has 0 fully saturated rings. The van der Waals surface area contributed by atoms with Gasteiger partial charge in [0.1, 0.15) is 0 Å². The molecule has 2 aliphatic rings. The van der Waals surface area contributed by atoms with E-state index < -0.39 is 18.1 Å². The monoisotopic (exact) mass is 467 g/mol. The molecular formula is C27H37N3O4. The fraction of sp³-hybridized carbons (Fsp3) is 0.444. The smallest absolute Gasteiger partial charge is 0.255 e. The predicted octanol–water partition coefficient (Wildman–Crippen LogP) is 4.10. The first-order valence-corrected chi connectivity index (χ1v) is 12.0. The summed E-state index contributed by atoms with van der Waals surface area (Å²) in [7, 11) is 0. The van der Waals surface area contributed by atoms with Crippen LogP contribution in [-0.4, -0.2) is 53.9 Å². The van der Waals surface area contributed by atoms with Crippen molar-refractivity contribution < 1.29 is 19.4 Å². The van der Waals surface area contributed by atoms with Crippen LogP contribution in [-0.2, 0) is 14.3 Å². The first-order valence-electron chi connectivity index (χ1n) is 12.0. The molecular weight excluding hydrogens is 430 g/mol. The molecule has 0 aliphatic heterocycles. The first-order chi connectivity index (χ1) is 16.5. The van der Waals surface area contributed by atoms with Crippen molar-refractivity contribution in [1.82, 2.24) is 10.2 Å². The summed E-state index contributed by atoms with van der Waals surface area (Å²) in [5.74, 6) is -0.557. The maximum atomic E-state index is 12.7. The molecule has 0 radical (unpaired) electrons. The van der Waals surface area contributed by atoms with Crippen molar-refractivity contribution in [1.29, 1.82) is 5.41 Å². The number of aliphatic hydroxyl groups is 1. The van der Waals surface area contributed by atoms with Crippen molar-refractivity contribution in [3.63, 3.8) is 0 Å².